The minimum atomic E-state index is -0.266. The smallest absolute Gasteiger partial charge is 0.147 e. The lowest BCUT2D eigenvalue weighted by molar-refractivity contribution is 0.228. The normalized spacial score (nSPS) is 18.5. The molecule has 0 saturated carbocycles. The zero-order valence-electron chi connectivity index (χ0n) is 11.8. The molecule has 0 aliphatic carbocycles. The number of benzene rings is 1. The summed E-state index contributed by atoms with van der Waals surface area (Å²) in [5.74, 6) is 1.65. The summed E-state index contributed by atoms with van der Waals surface area (Å²) in [6.45, 7) is 2.49. The van der Waals surface area contributed by atoms with Crippen LogP contribution in [-0.4, -0.2) is 29.7 Å². The number of rotatable bonds is 4. The van der Waals surface area contributed by atoms with Gasteiger partial charge in [0, 0.05) is 37.5 Å². The summed E-state index contributed by atoms with van der Waals surface area (Å²) in [6, 6.07) is 6.29. The lowest BCUT2D eigenvalue weighted by atomic mass is 9.99. The molecule has 4 nitrogen and oxygen atoms in total. The third-order valence-corrected chi connectivity index (χ3v) is 3.67. The van der Waals surface area contributed by atoms with Crippen LogP contribution in [0.3, 0.4) is 0 Å². The van der Waals surface area contributed by atoms with Crippen molar-refractivity contribution in [3.05, 3.63) is 48.7 Å². The van der Waals surface area contributed by atoms with Crippen LogP contribution < -0.4 is 9.64 Å². The van der Waals surface area contributed by atoms with Gasteiger partial charge in [0.1, 0.15) is 17.4 Å². The van der Waals surface area contributed by atoms with Gasteiger partial charge in [-0.25, -0.2) is 9.37 Å². The van der Waals surface area contributed by atoms with E-state index in [4.69, 9.17) is 4.74 Å². The van der Waals surface area contributed by atoms with E-state index >= 15 is 0 Å². The van der Waals surface area contributed by atoms with Gasteiger partial charge in [0.25, 0.3) is 0 Å². The third kappa shape index (κ3) is 3.68. The van der Waals surface area contributed by atoms with Gasteiger partial charge in [-0.1, -0.05) is 6.07 Å². The second kappa shape index (κ2) is 6.52. The Morgan fingerprint density at radius 1 is 1.33 bits per heavy atom. The molecule has 0 amide bonds. The van der Waals surface area contributed by atoms with Crippen molar-refractivity contribution in [3.63, 3.8) is 0 Å². The van der Waals surface area contributed by atoms with E-state index in [2.05, 4.69) is 14.9 Å². The maximum absolute atomic E-state index is 13.1. The molecule has 21 heavy (non-hydrogen) atoms. The molecule has 2 heterocycles. The molecular formula is C16H18FN3O. The Kier molecular flexibility index (Phi) is 4.28. The first-order chi connectivity index (χ1) is 10.3. The van der Waals surface area contributed by atoms with Crippen LogP contribution >= 0.6 is 0 Å². The Morgan fingerprint density at radius 2 is 2.29 bits per heavy atom. The minimum Gasteiger partial charge on any atom is -0.493 e. The number of hydrogen-bond acceptors (Lipinski definition) is 4. The molecule has 1 unspecified atom stereocenters. The van der Waals surface area contributed by atoms with E-state index in [0.717, 1.165) is 31.7 Å². The van der Waals surface area contributed by atoms with Crippen LogP contribution in [0.4, 0.5) is 10.2 Å². The van der Waals surface area contributed by atoms with Crippen molar-refractivity contribution in [1.82, 2.24) is 9.97 Å². The molecule has 1 aliphatic rings. The van der Waals surface area contributed by atoms with Crippen LogP contribution in [0, 0.1) is 11.7 Å². The Labute approximate surface area is 123 Å². The van der Waals surface area contributed by atoms with Gasteiger partial charge in [-0.15, -0.1) is 0 Å². The van der Waals surface area contributed by atoms with Crippen molar-refractivity contribution in [2.75, 3.05) is 24.6 Å². The summed E-state index contributed by atoms with van der Waals surface area (Å²) in [5, 5.41) is 0. The summed E-state index contributed by atoms with van der Waals surface area (Å²) < 4.78 is 18.8. The lowest BCUT2D eigenvalue weighted by Gasteiger charge is -2.33. The monoisotopic (exact) mass is 287 g/mol. The SMILES string of the molecule is Fc1cccc(OCC2CCCN(c3cnccn3)C2)c1. The second-order valence-electron chi connectivity index (χ2n) is 5.29. The summed E-state index contributed by atoms with van der Waals surface area (Å²) in [6.07, 6.45) is 7.40. The highest BCUT2D eigenvalue weighted by Crippen LogP contribution is 2.22. The van der Waals surface area contributed by atoms with Gasteiger partial charge >= 0.3 is 0 Å². The number of hydrogen-bond donors (Lipinski definition) is 0. The van der Waals surface area contributed by atoms with Crippen LogP contribution in [0.1, 0.15) is 12.8 Å². The number of halogens is 1. The van der Waals surface area contributed by atoms with Gasteiger partial charge in [-0.2, -0.15) is 0 Å². The van der Waals surface area contributed by atoms with Crippen molar-refractivity contribution >= 4 is 5.82 Å². The van der Waals surface area contributed by atoms with E-state index in [0.29, 0.717) is 18.3 Å². The van der Waals surface area contributed by atoms with Gasteiger partial charge < -0.3 is 9.64 Å². The Balaban J connectivity index is 1.57. The van der Waals surface area contributed by atoms with Crippen LogP contribution in [0.2, 0.25) is 0 Å². The highest BCUT2D eigenvalue weighted by Gasteiger charge is 2.21. The van der Waals surface area contributed by atoms with E-state index < -0.39 is 0 Å². The van der Waals surface area contributed by atoms with Crippen molar-refractivity contribution in [1.29, 1.82) is 0 Å². The maximum atomic E-state index is 13.1. The minimum absolute atomic E-state index is 0.266. The molecule has 0 radical (unpaired) electrons. The van der Waals surface area contributed by atoms with Gasteiger partial charge in [0.15, 0.2) is 0 Å². The van der Waals surface area contributed by atoms with Gasteiger partial charge in [-0.3, -0.25) is 4.98 Å². The van der Waals surface area contributed by atoms with Gasteiger partial charge in [-0.05, 0) is 25.0 Å². The molecule has 0 spiro atoms. The first-order valence-corrected chi connectivity index (χ1v) is 7.20. The Bertz CT molecular complexity index is 579. The molecule has 5 heteroatoms. The molecule has 110 valence electrons. The lowest BCUT2D eigenvalue weighted by Crippen LogP contribution is -2.38. The van der Waals surface area contributed by atoms with E-state index in [9.17, 15) is 4.39 Å². The largest absolute Gasteiger partial charge is 0.493 e. The summed E-state index contributed by atoms with van der Waals surface area (Å²) >= 11 is 0. The zero-order valence-corrected chi connectivity index (χ0v) is 11.8. The number of aromatic nitrogens is 2. The quantitative estimate of drug-likeness (QED) is 0.866. The first kappa shape index (κ1) is 13.8. The summed E-state index contributed by atoms with van der Waals surface area (Å²) in [5.41, 5.74) is 0. The predicted octanol–water partition coefficient (Wildman–Crippen LogP) is 2.91. The van der Waals surface area contributed by atoms with Crippen molar-refractivity contribution in [2.45, 2.75) is 12.8 Å². The second-order valence-corrected chi connectivity index (χ2v) is 5.29. The molecule has 0 bridgehead atoms. The molecule has 2 aromatic rings. The number of ether oxygens (including phenoxy) is 1. The van der Waals surface area contributed by atoms with Crippen molar-refractivity contribution in [2.24, 2.45) is 5.92 Å². The molecule has 1 fully saturated rings. The van der Waals surface area contributed by atoms with Crippen molar-refractivity contribution in [3.8, 4) is 5.75 Å². The maximum Gasteiger partial charge on any atom is 0.147 e. The highest BCUT2D eigenvalue weighted by atomic mass is 19.1. The molecule has 1 aromatic heterocycles. The first-order valence-electron chi connectivity index (χ1n) is 7.20. The predicted molar refractivity (Wildman–Crippen MR) is 78.9 cm³/mol. The molecular weight excluding hydrogens is 269 g/mol. The highest BCUT2D eigenvalue weighted by molar-refractivity contribution is 5.35. The summed E-state index contributed by atoms with van der Waals surface area (Å²) in [7, 11) is 0. The Hall–Kier alpha value is -2.17. The molecule has 0 N–H and O–H groups in total. The molecule has 1 saturated heterocycles. The number of anilines is 1. The van der Waals surface area contributed by atoms with Crippen molar-refractivity contribution < 1.29 is 9.13 Å². The van der Waals surface area contributed by atoms with E-state index in [1.807, 2.05) is 0 Å². The summed E-state index contributed by atoms with van der Waals surface area (Å²) in [4.78, 5) is 10.7. The standard InChI is InChI=1S/C16H18FN3O/c17-14-4-1-5-15(9-14)21-12-13-3-2-8-20(11-13)16-10-18-6-7-19-16/h1,4-7,9-10,13H,2-3,8,11-12H2. The van der Waals surface area contributed by atoms with E-state index in [-0.39, 0.29) is 5.82 Å². The third-order valence-electron chi connectivity index (χ3n) is 3.67. The van der Waals surface area contributed by atoms with E-state index in [1.165, 1.54) is 12.1 Å². The van der Waals surface area contributed by atoms with Crippen LogP contribution in [-0.2, 0) is 0 Å². The topological polar surface area (TPSA) is 38.2 Å². The fraction of sp³-hybridized carbons (Fsp3) is 0.375. The molecule has 3 rings (SSSR count). The van der Waals surface area contributed by atoms with E-state index in [1.54, 1.807) is 30.7 Å². The number of piperidine rings is 1. The van der Waals surface area contributed by atoms with Gasteiger partial charge in [0.05, 0.1) is 12.8 Å². The average Bonchev–Trinajstić information content (AvgIpc) is 2.54. The molecule has 1 aliphatic heterocycles. The molecule has 1 atom stereocenters. The van der Waals surface area contributed by atoms with Crippen LogP contribution in [0.25, 0.3) is 0 Å². The fourth-order valence-corrected chi connectivity index (χ4v) is 2.63. The average molecular weight is 287 g/mol. The fourth-order valence-electron chi connectivity index (χ4n) is 2.63. The van der Waals surface area contributed by atoms with Gasteiger partial charge in [0.2, 0.25) is 0 Å². The van der Waals surface area contributed by atoms with Crippen LogP contribution in [0.15, 0.2) is 42.9 Å². The van der Waals surface area contributed by atoms with Crippen LogP contribution in [0.5, 0.6) is 5.75 Å². The number of nitrogens with zero attached hydrogens (tertiary/aromatic N) is 3. The Morgan fingerprint density at radius 3 is 3.10 bits per heavy atom. The zero-order chi connectivity index (χ0) is 14.5. The molecule has 1 aromatic carbocycles.